The van der Waals surface area contributed by atoms with Gasteiger partial charge in [0.1, 0.15) is 6.04 Å². The molecule has 142 valence electrons. The van der Waals surface area contributed by atoms with Crippen molar-refractivity contribution in [1.82, 2.24) is 10.6 Å². The molecule has 2 unspecified atom stereocenters. The quantitative estimate of drug-likeness (QED) is 0.856. The van der Waals surface area contributed by atoms with Gasteiger partial charge in [0, 0.05) is 5.69 Å². The molecule has 0 aliphatic carbocycles. The van der Waals surface area contributed by atoms with Crippen molar-refractivity contribution in [2.24, 2.45) is 0 Å². The van der Waals surface area contributed by atoms with Crippen LogP contribution in [0, 0.1) is 6.92 Å². The maximum absolute atomic E-state index is 13.4. The second-order valence-electron chi connectivity index (χ2n) is 7.09. The van der Waals surface area contributed by atoms with Gasteiger partial charge in [0.15, 0.2) is 0 Å². The fourth-order valence-electron chi connectivity index (χ4n) is 3.40. The summed E-state index contributed by atoms with van der Waals surface area (Å²) in [7, 11) is 1.74. The number of nitrogens with zero attached hydrogens (tertiary/aromatic N) is 1. The number of para-hydroxylation sites is 1. The number of anilines is 1. The SMILES string of the molecule is CNC(C)C(=O)NC1CCc2ccccc2N(Cc2ccccc2C)C1=O. The van der Waals surface area contributed by atoms with Crippen molar-refractivity contribution in [1.29, 1.82) is 0 Å². The topological polar surface area (TPSA) is 61.4 Å². The molecule has 2 aromatic carbocycles. The zero-order chi connectivity index (χ0) is 19.4. The minimum Gasteiger partial charge on any atom is -0.343 e. The van der Waals surface area contributed by atoms with Crippen LogP contribution in [0.3, 0.4) is 0 Å². The van der Waals surface area contributed by atoms with E-state index in [1.54, 1.807) is 14.0 Å². The van der Waals surface area contributed by atoms with E-state index in [1.807, 2.05) is 41.3 Å². The van der Waals surface area contributed by atoms with Gasteiger partial charge >= 0.3 is 0 Å². The van der Waals surface area contributed by atoms with Crippen LogP contribution in [-0.4, -0.2) is 30.9 Å². The van der Waals surface area contributed by atoms with E-state index in [-0.39, 0.29) is 17.9 Å². The van der Waals surface area contributed by atoms with Gasteiger partial charge in [0.25, 0.3) is 0 Å². The molecule has 27 heavy (non-hydrogen) atoms. The molecule has 1 aliphatic rings. The zero-order valence-corrected chi connectivity index (χ0v) is 16.2. The summed E-state index contributed by atoms with van der Waals surface area (Å²) in [6, 6.07) is 15.2. The van der Waals surface area contributed by atoms with Crippen molar-refractivity contribution < 1.29 is 9.59 Å². The second kappa shape index (κ2) is 8.35. The van der Waals surface area contributed by atoms with Gasteiger partial charge in [-0.05, 0) is 56.5 Å². The van der Waals surface area contributed by atoms with Gasteiger partial charge in [-0.25, -0.2) is 0 Å². The first kappa shape index (κ1) is 19.1. The molecule has 3 rings (SSSR count). The Balaban J connectivity index is 1.92. The molecule has 5 nitrogen and oxygen atoms in total. The predicted molar refractivity (Wildman–Crippen MR) is 108 cm³/mol. The van der Waals surface area contributed by atoms with Crippen molar-refractivity contribution >= 4 is 17.5 Å². The molecule has 0 bridgehead atoms. The van der Waals surface area contributed by atoms with Crippen LogP contribution >= 0.6 is 0 Å². The van der Waals surface area contributed by atoms with E-state index in [1.165, 1.54) is 0 Å². The van der Waals surface area contributed by atoms with Crippen LogP contribution in [0.4, 0.5) is 5.69 Å². The van der Waals surface area contributed by atoms with Crippen molar-refractivity contribution in [2.45, 2.75) is 45.3 Å². The minimum atomic E-state index is -0.523. The third kappa shape index (κ3) is 4.19. The number of benzene rings is 2. The molecule has 0 saturated heterocycles. The van der Waals surface area contributed by atoms with Crippen LogP contribution in [0.1, 0.15) is 30.0 Å². The number of aryl methyl sites for hydroxylation is 2. The van der Waals surface area contributed by atoms with E-state index in [2.05, 4.69) is 29.7 Å². The lowest BCUT2D eigenvalue weighted by Crippen LogP contribution is -2.52. The molecular weight excluding hydrogens is 338 g/mol. The normalized spacial score (nSPS) is 17.8. The highest BCUT2D eigenvalue weighted by Gasteiger charge is 2.32. The number of nitrogens with one attached hydrogen (secondary N) is 2. The first-order chi connectivity index (χ1) is 13.0. The molecule has 1 aliphatic heterocycles. The zero-order valence-electron chi connectivity index (χ0n) is 16.2. The summed E-state index contributed by atoms with van der Waals surface area (Å²) >= 11 is 0. The molecular formula is C22H27N3O2. The number of carbonyl (C=O) groups is 2. The van der Waals surface area contributed by atoms with E-state index in [4.69, 9.17) is 0 Å². The molecule has 0 saturated carbocycles. The molecule has 5 heteroatoms. The van der Waals surface area contributed by atoms with Gasteiger partial charge in [-0.3, -0.25) is 9.59 Å². The average molecular weight is 365 g/mol. The van der Waals surface area contributed by atoms with Crippen LogP contribution in [0.2, 0.25) is 0 Å². The van der Waals surface area contributed by atoms with E-state index >= 15 is 0 Å². The molecule has 0 aromatic heterocycles. The van der Waals surface area contributed by atoms with Crippen molar-refractivity contribution in [3.8, 4) is 0 Å². The molecule has 2 amide bonds. The summed E-state index contributed by atoms with van der Waals surface area (Å²) in [5.41, 5.74) is 4.33. The fraction of sp³-hybridized carbons (Fsp3) is 0.364. The monoisotopic (exact) mass is 365 g/mol. The minimum absolute atomic E-state index is 0.0557. The van der Waals surface area contributed by atoms with E-state index in [0.29, 0.717) is 13.0 Å². The third-order valence-electron chi connectivity index (χ3n) is 5.28. The summed E-state index contributed by atoms with van der Waals surface area (Å²) in [6.45, 7) is 4.34. The highest BCUT2D eigenvalue weighted by Crippen LogP contribution is 2.29. The first-order valence-electron chi connectivity index (χ1n) is 9.42. The molecule has 0 spiro atoms. The Labute approximate surface area is 160 Å². The summed E-state index contributed by atoms with van der Waals surface area (Å²) in [6.07, 6.45) is 1.35. The van der Waals surface area contributed by atoms with Gasteiger partial charge < -0.3 is 15.5 Å². The third-order valence-corrected chi connectivity index (χ3v) is 5.28. The van der Waals surface area contributed by atoms with Gasteiger partial charge in [0.2, 0.25) is 11.8 Å². The lowest BCUT2D eigenvalue weighted by Gasteiger charge is -2.27. The summed E-state index contributed by atoms with van der Waals surface area (Å²) in [5.74, 6) is -0.211. The number of rotatable bonds is 5. The standard InChI is InChI=1S/C22H27N3O2/c1-15-8-4-5-10-18(15)14-25-20-11-7-6-9-17(20)12-13-19(22(25)27)24-21(26)16(2)23-3/h4-11,16,19,23H,12-14H2,1-3H3,(H,24,26). The molecule has 1 heterocycles. The number of likely N-dealkylation sites (N-methyl/N-ethyl adjacent to an activating group) is 1. The summed E-state index contributed by atoms with van der Waals surface area (Å²) in [5, 5.41) is 5.86. The van der Waals surface area contributed by atoms with Gasteiger partial charge in [-0.1, -0.05) is 42.5 Å². The molecule has 0 radical (unpaired) electrons. The molecule has 2 N–H and O–H groups in total. The maximum atomic E-state index is 13.4. The smallest absolute Gasteiger partial charge is 0.249 e. The Morgan fingerprint density at radius 1 is 1.19 bits per heavy atom. The first-order valence-corrected chi connectivity index (χ1v) is 9.42. The van der Waals surface area contributed by atoms with Crippen LogP contribution in [0.5, 0.6) is 0 Å². The summed E-state index contributed by atoms with van der Waals surface area (Å²) < 4.78 is 0. The molecule has 0 fully saturated rings. The maximum Gasteiger partial charge on any atom is 0.249 e. The number of carbonyl (C=O) groups excluding carboxylic acids is 2. The number of amides is 2. The Morgan fingerprint density at radius 3 is 2.63 bits per heavy atom. The van der Waals surface area contributed by atoms with Crippen LogP contribution < -0.4 is 15.5 Å². The van der Waals surface area contributed by atoms with Gasteiger partial charge in [-0.2, -0.15) is 0 Å². The highest BCUT2D eigenvalue weighted by molar-refractivity contribution is 6.00. The Bertz CT molecular complexity index is 834. The predicted octanol–water partition coefficient (Wildman–Crippen LogP) is 2.57. The number of hydrogen-bond donors (Lipinski definition) is 2. The Kier molecular flexibility index (Phi) is 5.91. The van der Waals surface area contributed by atoms with Crippen molar-refractivity contribution in [2.75, 3.05) is 11.9 Å². The van der Waals surface area contributed by atoms with Crippen molar-refractivity contribution in [3.05, 3.63) is 65.2 Å². The van der Waals surface area contributed by atoms with Gasteiger partial charge in [0.05, 0.1) is 12.6 Å². The number of fused-ring (bicyclic) bond motifs is 1. The Morgan fingerprint density at radius 2 is 1.89 bits per heavy atom. The van der Waals surface area contributed by atoms with E-state index in [9.17, 15) is 9.59 Å². The lowest BCUT2D eigenvalue weighted by atomic mass is 10.1. The largest absolute Gasteiger partial charge is 0.343 e. The van der Waals surface area contributed by atoms with Crippen molar-refractivity contribution in [3.63, 3.8) is 0 Å². The Hall–Kier alpha value is -2.66. The van der Waals surface area contributed by atoms with Crippen LogP contribution in [0.25, 0.3) is 0 Å². The van der Waals surface area contributed by atoms with E-state index < -0.39 is 6.04 Å². The molecule has 2 atom stereocenters. The number of hydrogen-bond acceptors (Lipinski definition) is 3. The van der Waals surface area contributed by atoms with Crippen LogP contribution in [-0.2, 0) is 22.6 Å². The van der Waals surface area contributed by atoms with Gasteiger partial charge in [-0.15, -0.1) is 0 Å². The van der Waals surface area contributed by atoms with E-state index in [0.717, 1.165) is 28.8 Å². The summed E-state index contributed by atoms with van der Waals surface area (Å²) in [4.78, 5) is 27.5. The lowest BCUT2D eigenvalue weighted by molar-refractivity contribution is -0.128. The highest BCUT2D eigenvalue weighted by atomic mass is 16.2. The van der Waals surface area contributed by atoms with Crippen LogP contribution in [0.15, 0.2) is 48.5 Å². The average Bonchev–Trinajstić information content (AvgIpc) is 2.81. The second-order valence-corrected chi connectivity index (χ2v) is 7.09. The molecule has 2 aromatic rings. The fourth-order valence-corrected chi connectivity index (χ4v) is 3.40.